The maximum atomic E-state index is 14.6. The molecule has 1 saturated heterocycles. The summed E-state index contributed by atoms with van der Waals surface area (Å²) in [6, 6.07) is 10.8. The molecule has 0 unspecified atom stereocenters. The lowest BCUT2D eigenvalue weighted by Gasteiger charge is -2.37. The fourth-order valence-corrected chi connectivity index (χ4v) is 4.62. The Kier molecular flexibility index (Phi) is 5.94. The van der Waals surface area contributed by atoms with Crippen molar-refractivity contribution in [3.05, 3.63) is 76.7 Å². The molecule has 6 nitrogen and oxygen atoms in total. The van der Waals surface area contributed by atoms with E-state index in [2.05, 4.69) is 25.4 Å². The fourth-order valence-electron chi connectivity index (χ4n) is 4.62. The molecule has 182 valence electrons. The normalized spacial score (nSPS) is 17.2. The number of aryl methyl sites for hydroxylation is 1. The number of aromatic hydroxyl groups is 1. The van der Waals surface area contributed by atoms with Gasteiger partial charge in [0.25, 0.3) is 0 Å². The van der Waals surface area contributed by atoms with Crippen LogP contribution < -0.4 is 5.32 Å². The first-order valence-electron chi connectivity index (χ1n) is 11.2. The number of rotatable bonds is 4. The third-order valence-corrected chi connectivity index (χ3v) is 6.37. The number of aromatic nitrogens is 3. The summed E-state index contributed by atoms with van der Waals surface area (Å²) in [7, 11) is 0. The number of halogens is 4. The maximum absolute atomic E-state index is 14.6. The van der Waals surface area contributed by atoms with Crippen LogP contribution in [0.25, 0.3) is 22.3 Å². The van der Waals surface area contributed by atoms with Gasteiger partial charge in [-0.05, 0) is 48.4 Å². The van der Waals surface area contributed by atoms with E-state index in [-0.39, 0.29) is 17.4 Å². The largest absolute Gasteiger partial charge is 0.508 e. The van der Waals surface area contributed by atoms with Crippen molar-refractivity contribution in [1.82, 2.24) is 25.4 Å². The minimum Gasteiger partial charge on any atom is -0.508 e. The summed E-state index contributed by atoms with van der Waals surface area (Å²) in [5.41, 5.74) is 2.88. The number of phenols is 1. The van der Waals surface area contributed by atoms with Crippen molar-refractivity contribution in [3.8, 4) is 17.0 Å². The lowest BCUT2D eigenvalue weighted by Crippen LogP contribution is -2.45. The van der Waals surface area contributed by atoms with Crippen LogP contribution in [0.4, 0.5) is 17.6 Å². The highest BCUT2D eigenvalue weighted by atomic mass is 19.4. The number of nitrogens with one attached hydrogen (secondary N) is 2. The lowest BCUT2D eigenvalue weighted by molar-refractivity contribution is -0.137. The summed E-state index contributed by atoms with van der Waals surface area (Å²) in [5, 5.41) is 20.9. The molecule has 2 aromatic heterocycles. The van der Waals surface area contributed by atoms with Gasteiger partial charge in [-0.15, -0.1) is 0 Å². The Bertz CT molecular complexity index is 1370. The third kappa shape index (κ3) is 4.59. The first-order valence-corrected chi connectivity index (χ1v) is 11.2. The van der Waals surface area contributed by atoms with Gasteiger partial charge in [0.1, 0.15) is 11.6 Å². The van der Waals surface area contributed by atoms with Gasteiger partial charge >= 0.3 is 6.18 Å². The zero-order chi connectivity index (χ0) is 24.7. The second-order valence-corrected chi connectivity index (χ2v) is 8.69. The number of benzene rings is 2. The monoisotopic (exact) mass is 485 g/mol. The van der Waals surface area contributed by atoms with Crippen molar-refractivity contribution in [2.24, 2.45) is 0 Å². The van der Waals surface area contributed by atoms with E-state index in [4.69, 9.17) is 0 Å². The predicted octanol–water partition coefficient (Wildman–Crippen LogP) is 4.94. The summed E-state index contributed by atoms with van der Waals surface area (Å²) < 4.78 is 53.7. The molecule has 0 spiro atoms. The topological polar surface area (TPSA) is 77.1 Å². The van der Waals surface area contributed by atoms with Gasteiger partial charge in [-0.1, -0.05) is 12.1 Å². The van der Waals surface area contributed by atoms with Crippen molar-refractivity contribution in [2.75, 3.05) is 19.6 Å². The number of piperazine rings is 1. The quantitative estimate of drug-likeness (QED) is 0.357. The van der Waals surface area contributed by atoms with E-state index in [1.807, 2.05) is 13.0 Å². The van der Waals surface area contributed by atoms with Crippen LogP contribution in [-0.2, 0) is 12.7 Å². The molecule has 1 aliphatic rings. The zero-order valence-corrected chi connectivity index (χ0v) is 18.8. The van der Waals surface area contributed by atoms with E-state index >= 15 is 0 Å². The van der Waals surface area contributed by atoms with Gasteiger partial charge in [0.2, 0.25) is 0 Å². The zero-order valence-electron chi connectivity index (χ0n) is 18.8. The van der Waals surface area contributed by atoms with Gasteiger partial charge < -0.3 is 10.4 Å². The van der Waals surface area contributed by atoms with Gasteiger partial charge in [-0.25, -0.2) is 9.37 Å². The number of fused-ring (bicyclic) bond motifs is 1. The molecule has 10 heteroatoms. The van der Waals surface area contributed by atoms with Gasteiger partial charge in [0.15, 0.2) is 5.65 Å². The molecular formula is C25H23F4N5O. The van der Waals surface area contributed by atoms with E-state index in [0.29, 0.717) is 31.0 Å². The number of phenolic OH excluding ortho intramolecular Hbond substituents is 1. The molecule has 4 aromatic rings. The predicted molar refractivity (Wildman–Crippen MR) is 123 cm³/mol. The Balaban J connectivity index is 1.52. The van der Waals surface area contributed by atoms with Crippen LogP contribution in [0, 0.1) is 12.7 Å². The van der Waals surface area contributed by atoms with E-state index in [1.54, 1.807) is 0 Å². The van der Waals surface area contributed by atoms with Crippen LogP contribution in [0.15, 0.2) is 48.5 Å². The summed E-state index contributed by atoms with van der Waals surface area (Å²) in [6.45, 7) is 4.35. The lowest BCUT2D eigenvalue weighted by atomic mass is 9.99. The molecule has 3 heterocycles. The van der Waals surface area contributed by atoms with Gasteiger partial charge in [0, 0.05) is 54.9 Å². The number of hydrogen-bond acceptors (Lipinski definition) is 5. The number of hydrogen-bond donors (Lipinski definition) is 3. The summed E-state index contributed by atoms with van der Waals surface area (Å²) in [5.74, 6) is -0.775. The summed E-state index contributed by atoms with van der Waals surface area (Å²) in [4.78, 5) is 6.71. The van der Waals surface area contributed by atoms with Crippen LogP contribution in [0.1, 0.15) is 28.4 Å². The van der Waals surface area contributed by atoms with Crippen LogP contribution in [0.5, 0.6) is 5.75 Å². The molecule has 0 bridgehead atoms. The Morgan fingerprint density at radius 3 is 2.60 bits per heavy atom. The summed E-state index contributed by atoms with van der Waals surface area (Å²) in [6.07, 6.45) is -4.38. The van der Waals surface area contributed by atoms with Crippen LogP contribution in [0.3, 0.4) is 0 Å². The molecule has 0 radical (unpaired) electrons. The number of alkyl halides is 3. The highest BCUT2D eigenvalue weighted by Gasteiger charge is 2.31. The van der Waals surface area contributed by atoms with Gasteiger partial charge in [0.05, 0.1) is 11.3 Å². The minimum atomic E-state index is -4.38. The Morgan fingerprint density at radius 2 is 1.89 bits per heavy atom. The van der Waals surface area contributed by atoms with Crippen LogP contribution in [-0.4, -0.2) is 44.8 Å². The molecule has 0 amide bonds. The van der Waals surface area contributed by atoms with Crippen LogP contribution >= 0.6 is 0 Å². The van der Waals surface area contributed by atoms with Crippen molar-refractivity contribution in [1.29, 1.82) is 0 Å². The molecule has 1 atom stereocenters. The number of nitrogens with zero attached hydrogens (tertiary/aromatic N) is 3. The molecule has 5 rings (SSSR count). The standard InChI is InChI=1S/C25H23F4N5O/c1-14-23-16(10-21(31-24(23)33-32-14)19-7-6-18(35)11-20(19)26)13-34-9-8-30-12-22(34)15-2-4-17(5-3-15)25(27,28)29/h2-7,10-11,22,30,35H,8-9,12-13H2,1H3,(H,31,32,33)/t22-/m0/s1. The Morgan fingerprint density at radius 1 is 1.11 bits per heavy atom. The van der Waals surface area contributed by atoms with Crippen LogP contribution in [0.2, 0.25) is 0 Å². The van der Waals surface area contributed by atoms with Crippen molar-refractivity contribution >= 4 is 11.0 Å². The molecule has 35 heavy (non-hydrogen) atoms. The third-order valence-electron chi connectivity index (χ3n) is 6.37. The Hall–Kier alpha value is -3.50. The highest BCUT2D eigenvalue weighted by molar-refractivity contribution is 5.84. The molecule has 1 fully saturated rings. The van der Waals surface area contributed by atoms with Gasteiger partial charge in [-0.2, -0.15) is 18.3 Å². The molecule has 0 saturated carbocycles. The molecule has 0 aliphatic carbocycles. The second-order valence-electron chi connectivity index (χ2n) is 8.69. The van der Waals surface area contributed by atoms with Gasteiger partial charge in [-0.3, -0.25) is 10.00 Å². The van der Waals surface area contributed by atoms with E-state index in [0.717, 1.165) is 47.0 Å². The van der Waals surface area contributed by atoms with Crippen molar-refractivity contribution < 1.29 is 22.7 Å². The van der Waals surface area contributed by atoms with Crippen molar-refractivity contribution in [2.45, 2.75) is 25.7 Å². The Labute approximate surface area is 198 Å². The highest BCUT2D eigenvalue weighted by Crippen LogP contribution is 2.34. The number of pyridine rings is 1. The summed E-state index contributed by atoms with van der Waals surface area (Å²) >= 11 is 0. The first kappa shape index (κ1) is 23.3. The molecule has 1 aliphatic heterocycles. The van der Waals surface area contributed by atoms with E-state index < -0.39 is 17.6 Å². The van der Waals surface area contributed by atoms with Crippen molar-refractivity contribution in [3.63, 3.8) is 0 Å². The fraction of sp³-hybridized carbons (Fsp3) is 0.280. The number of aromatic amines is 1. The average molecular weight is 485 g/mol. The minimum absolute atomic E-state index is 0.143. The molecule has 3 N–H and O–H groups in total. The average Bonchev–Trinajstić information content (AvgIpc) is 3.20. The smallest absolute Gasteiger partial charge is 0.416 e. The van der Waals surface area contributed by atoms with E-state index in [1.165, 1.54) is 24.3 Å². The van der Waals surface area contributed by atoms with E-state index in [9.17, 15) is 22.7 Å². The SMILES string of the molecule is Cc1[nH]nc2nc(-c3ccc(O)cc3F)cc(CN3CCNC[C@H]3c3ccc(C(F)(F)F)cc3)c12. The molecule has 2 aromatic carbocycles. The molecular weight excluding hydrogens is 462 g/mol. The first-order chi connectivity index (χ1) is 16.7. The maximum Gasteiger partial charge on any atom is 0.416 e. The number of H-pyrrole nitrogens is 1. The second kappa shape index (κ2) is 8.94.